The van der Waals surface area contributed by atoms with E-state index >= 15 is 0 Å². The highest BCUT2D eigenvalue weighted by Gasteiger charge is 2.60. The van der Waals surface area contributed by atoms with Crippen molar-refractivity contribution in [3.63, 3.8) is 0 Å². The van der Waals surface area contributed by atoms with Crippen LogP contribution in [-0.2, 0) is 4.79 Å². The molecule has 0 aromatic heterocycles. The van der Waals surface area contributed by atoms with Crippen molar-refractivity contribution in [3.05, 3.63) is 0 Å². The van der Waals surface area contributed by atoms with E-state index in [1.165, 1.54) is 38.5 Å². The van der Waals surface area contributed by atoms with Gasteiger partial charge in [-0.15, -0.1) is 0 Å². The summed E-state index contributed by atoms with van der Waals surface area (Å²) in [4.78, 5) is 14.2. The first-order valence-electron chi connectivity index (χ1n) is 9.78. The molecule has 1 unspecified atom stereocenters. The second-order valence-electron chi connectivity index (χ2n) is 9.48. The Hall–Kier alpha value is -0.570. The maximum Gasteiger partial charge on any atom is 0.222 e. The van der Waals surface area contributed by atoms with Crippen LogP contribution in [0.1, 0.15) is 65.2 Å². The number of carbonyl (C=O) groups is 1. The number of likely N-dealkylation sites (tertiary alicyclic amines) is 1. The van der Waals surface area contributed by atoms with Gasteiger partial charge in [-0.3, -0.25) is 4.79 Å². The van der Waals surface area contributed by atoms with Crippen LogP contribution in [0.2, 0.25) is 0 Å². The molecule has 1 saturated heterocycles. The first kappa shape index (κ1) is 15.9. The molecule has 0 aromatic rings. The number of aliphatic hydroxyl groups excluding tert-OH is 1. The number of hydrogen-bond acceptors (Lipinski definition) is 2. The molecule has 1 heterocycles. The van der Waals surface area contributed by atoms with Gasteiger partial charge in [0.15, 0.2) is 0 Å². The Morgan fingerprint density at radius 1 is 1.04 bits per heavy atom. The molecular weight excluding hydrogens is 286 g/mol. The van der Waals surface area contributed by atoms with Crippen LogP contribution in [0.15, 0.2) is 0 Å². The Morgan fingerprint density at radius 3 is 2.52 bits per heavy atom. The van der Waals surface area contributed by atoms with E-state index < -0.39 is 0 Å². The fourth-order valence-corrected chi connectivity index (χ4v) is 7.56. The van der Waals surface area contributed by atoms with Crippen LogP contribution in [-0.4, -0.2) is 35.6 Å². The minimum atomic E-state index is 0.324. The third kappa shape index (κ3) is 2.01. The molecule has 4 fully saturated rings. The minimum Gasteiger partial charge on any atom is -0.396 e. The van der Waals surface area contributed by atoms with Crippen LogP contribution in [0.25, 0.3) is 0 Å². The topological polar surface area (TPSA) is 40.5 Å². The summed E-state index contributed by atoms with van der Waals surface area (Å²) in [7, 11) is 2.04. The SMILES string of the molecule is CN1C(=O)CC[C@]2(C)[C@H]3CC[C@]4(C)C(CO)CC[C@H]4[C@@H]3CC[C@@H]12. The number of carbonyl (C=O) groups excluding carboxylic acids is 1. The molecular formula is C20H33NO2. The molecule has 0 spiro atoms. The van der Waals surface area contributed by atoms with E-state index in [1.54, 1.807) is 0 Å². The zero-order valence-corrected chi connectivity index (χ0v) is 15.1. The normalized spacial score (nSPS) is 52.8. The fourth-order valence-electron chi connectivity index (χ4n) is 7.56. The lowest BCUT2D eigenvalue weighted by Crippen LogP contribution is -2.61. The van der Waals surface area contributed by atoms with E-state index in [9.17, 15) is 9.90 Å². The lowest BCUT2D eigenvalue weighted by molar-refractivity contribution is -0.158. The van der Waals surface area contributed by atoms with Crippen molar-refractivity contribution in [1.82, 2.24) is 4.90 Å². The summed E-state index contributed by atoms with van der Waals surface area (Å²) in [6.07, 6.45) is 9.45. The standard InChI is InChI=1S/C20H33NO2/c1-19-10-8-16-14(15(19)6-4-13(19)12-22)5-7-17-20(16,2)11-9-18(23)21(17)3/h13-17,22H,4-12H2,1-3H3/t13?,14-,15-,16-,17+,19+,20+/m0/s1. The first-order valence-corrected chi connectivity index (χ1v) is 9.78. The number of amides is 1. The summed E-state index contributed by atoms with van der Waals surface area (Å²) in [6.45, 7) is 5.33. The summed E-state index contributed by atoms with van der Waals surface area (Å²) in [6, 6.07) is 0.462. The van der Waals surface area contributed by atoms with E-state index in [4.69, 9.17) is 0 Å². The van der Waals surface area contributed by atoms with Crippen LogP contribution >= 0.6 is 0 Å². The van der Waals surface area contributed by atoms with E-state index in [1.807, 2.05) is 7.05 Å². The maximum atomic E-state index is 12.2. The maximum absolute atomic E-state index is 12.2. The molecule has 0 aromatic carbocycles. The van der Waals surface area contributed by atoms with Crippen molar-refractivity contribution in [2.45, 2.75) is 71.3 Å². The molecule has 4 aliphatic rings. The largest absolute Gasteiger partial charge is 0.396 e. The average Bonchev–Trinajstić information content (AvgIpc) is 2.88. The van der Waals surface area contributed by atoms with Crippen molar-refractivity contribution in [2.24, 2.45) is 34.5 Å². The van der Waals surface area contributed by atoms with Crippen molar-refractivity contribution in [1.29, 1.82) is 0 Å². The van der Waals surface area contributed by atoms with Gasteiger partial charge in [0.05, 0.1) is 0 Å². The van der Waals surface area contributed by atoms with Crippen molar-refractivity contribution in [2.75, 3.05) is 13.7 Å². The molecule has 130 valence electrons. The smallest absolute Gasteiger partial charge is 0.222 e. The summed E-state index contributed by atoms with van der Waals surface area (Å²) >= 11 is 0. The van der Waals surface area contributed by atoms with Gasteiger partial charge in [0.1, 0.15) is 0 Å². The van der Waals surface area contributed by atoms with Crippen molar-refractivity contribution < 1.29 is 9.90 Å². The number of hydrogen-bond donors (Lipinski definition) is 1. The van der Waals surface area contributed by atoms with Gasteiger partial charge in [0.25, 0.3) is 0 Å². The van der Waals surface area contributed by atoms with Gasteiger partial charge in [-0.1, -0.05) is 13.8 Å². The molecule has 1 N–H and O–H groups in total. The van der Waals surface area contributed by atoms with E-state index in [2.05, 4.69) is 18.7 Å². The molecule has 3 aliphatic carbocycles. The Labute approximate surface area is 140 Å². The molecule has 0 radical (unpaired) electrons. The minimum absolute atomic E-state index is 0.324. The highest BCUT2D eigenvalue weighted by molar-refractivity contribution is 5.77. The number of nitrogens with zero attached hydrogens (tertiary/aromatic N) is 1. The van der Waals surface area contributed by atoms with Gasteiger partial charge in [-0.05, 0) is 79.4 Å². The lowest BCUT2D eigenvalue weighted by atomic mass is 9.47. The van der Waals surface area contributed by atoms with Gasteiger partial charge in [0.2, 0.25) is 5.91 Å². The quantitative estimate of drug-likeness (QED) is 0.804. The Bertz CT molecular complexity index is 506. The van der Waals surface area contributed by atoms with Gasteiger partial charge in [0, 0.05) is 26.1 Å². The predicted octanol–water partition coefficient (Wildman–Crippen LogP) is 3.46. The van der Waals surface area contributed by atoms with Crippen LogP contribution in [0.4, 0.5) is 0 Å². The van der Waals surface area contributed by atoms with Gasteiger partial charge >= 0.3 is 0 Å². The highest BCUT2D eigenvalue weighted by atomic mass is 16.3. The molecule has 1 aliphatic heterocycles. The zero-order chi connectivity index (χ0) is 16.4. The van der Waals surface area contributed by atoms with Gasteiger partial charge in [-0.25, -0.2) is 0 Å². The van der Waals surface area contributed by atoms with Gasteiger partial charge < -0.3 is 10.0 Å². The van der Waals surface area contributed by atoms with Crippen LogP contribution < -0.4 is 0 Å². The zero-order valence-electron chi connectivity index (χ0n) is 15.1. The molecule has 4 rings (SSSR count). The third-order valence-electron chi connectivity index (χ3n) is 8.97. The van der Waals surface area contributed by atoms with E-state index in [-0.39, 0.29) is 0 Å². The van der Waals surface area contributed by atoms with Crippen LogP contribution in [0, 0.1) is 34.5 Å². The number of aliphatic hydroxyl groups is 1. The monoisotopic (exact) mass is 319 g/mol. The molecule has 3 saturated carbocycles. The summed E-state index contributed by atoms with van der Waals surface area (Å²) in [5.74, 6) is 3.29. The molecule has 0 bridgehead atoms. The Kier molecular flexibility index (Phi) is 3.61. The molecule has 23 heavy (non-hydrogen) atoms. The molecule has 3 heteroatoms. The van der Waals surface area contributed by atoms with E-state index in [0.29, 0.717) is 35.3 Å². The van der Waals surface area contributed by atoms with Crippen molar-refractivity contribution >= 4 is 5.91 Å². The highest BCUT2D eigenvalue weighted by Crippen LogP contribution is 2.65. The molecule has 1 amide bonds. The summed E-state index contributed by atoms with van der Waals surface area (Å²) < 4.78 is 0. The number of fused-ring (bicyclic) bond motifs is 5. The molecule has 3 nitrogen and oxygen atoms in total. The second kappa shape index (κ2) is 5.21. The van der Waals surface area contributed by atoms with Crippen LogP contribution in [0.5, 0.6) is 0 Å². The molecule has 7 atom stereocenters. The Morgan fingerprint density at radius 2 is 1.78 bits per heavy atom. The number of rotatable bonds is 1. The van der Waals surface area contributed by atoms with Crippen molar-refractivity contribution in [3.8, 4) is 0 Å². The van der Waals surface area contributed by atoms with Gasteiger partial charge in [-0.2, -0.15) is 0 Å². The lowest BCUT2D eigenvalue weighted by Gasteiger charge is -2.61. The average molecular weight is 319 g/mol. The predicted molar refractivity (Wildman–Crippen MR) is 90.8 cm³/mol. The van der Waals surface area contributed by atoms with Crippen LogP contribution in [0.3, 0.4) is 0 Å². The second-order valence-corrected chi connectivity index (χ2v) is 9.48. The fraction of sp³-hybridized carbons (Fsp3) is 0.950. The third-order valence-corrected chi connectivity index (χ3v) is 8.97. The Balaban J connectivity index is 1.64. The number of piperidine rings is 1. The summed E-state index contributed by atoms with van der Waals surface area (Å²) in [5, 5.41) is 9.82. The van der Waals surface area contributed by atoms with E-state index in [0.717, 1.165) is 30.6 Å². The first-order chi connectivity index (χ1) is 10.9. The summed E-state index contributed by atoms with van der Waals surface area (Å²) in [5.41, 5.74) is 0.694.